The Morgan fingerprint density at radius 3 is 1.45 bits per heavy atom. The summed E-state index contributed by atoms with van der Waals surface area (Å²) < 4.78 is 32.7. The minimum absolute atomic E-state index is 0.604. The van der Waals surface area contributed by atoms with E-state index in [9.17, 15) is 0 Å². The lowest BCUT2D eigenvalue weighted by Crippen LogP contribution is -2.32. The standard InChI is InChI=1S/C26H24OP.CH4O3S/c1-27-23-13-11-12-22(20-23)21-28(24-14-5-2-6-15-24,25-16-7-3-8-17-25)26-18-9-4-10-19-26;1-5(2,3)4/h2-20H,21H2,1H3;1H3,(H,2,3,4)/q+1;/p-1. The summed E-state index contributed by atoms with van der Waals surface area (Å²) in [5.74, 6) is 0.907. The Hall–Kier alpha value is -2.98. The first kappa shape index (κ1) is 24.7. The predicted molar refractivity (Wildman–Crippen MR) is 137 cm³/mol. The molecule has 33 heavy (non-hydrogen) atoms. The lowest BCUT2D eigenvalue weighted by atomic mass is 10.2. The molecule has 0 radical (unpaired) electrons. The summed E-state index contributed by atoms with van der Waals surface area (Å²) in [5, 5.41) is 4.20. The van der Waals surface area contributed by atoms with Crippen LogP contribution in [0, 0.1) is 0 Å². The number of rotatable bonds is 6. The monoisotopic (exact) mass is 478 g/mol. The number of methoxy groups -OCH3 is 1. The van der Waals surface area contributed by atoms with Crippen LogP contribution in [0.4, 0.5) is 0 Å². The zero-order chi connectivity index (χ0) is 23.7. The molecule has 0 aliphatic carbocycles. The largest absolute Gasteiger partial charge is 0.748 e. The Kier molecular flexibility index (Phi) is 8.40. The van der Waals surface area contributed by atoms with Crippen LogP contribution in [-0.2, 0) is 16.3 Å². The molecule has 0 unspecified atom stereocenters. The van der Waals surface area contributed by atoms with Crippen LogP contribution in [0.1, 0.15) is 5.56 Å². The van der Waals surface area contributed by atoms with Gasteiger partial charge in [-0.1, -0.05) is 66.7 Å². The van der Waals surface area contributed by atoms with Crippen LogP contribution in [-0.4, -0.2) is 26.3 Å². The van der Waals surface area contributed by atoms with Gasteiger partial charge in [0.1, 0.15) is 28.9 Å². The molecule has 4 aromatic carbocycles. The molecular weight excluding hydrogens is 451 g/mol. The predicted octanol–water partition coefficient (Wildman–Crippen LogP) is 4.35. The molecule has 0 amide bonds. The van der Waals surface area contributed by atoms with Crippen molar-refractivity contribution in [2.75, 3.05) is 13.4 Å². The Balaban J connectivity index is 0.000000555. The molecular formula is C27H27O4PS. The minimum atomic E-state index is -3.92. The van der Waals surface area contributed by atoms with Gasteiger partial charge in [0.15, 0.2) is 0 Å². The zero-order valence-electron chi connectivity index (χ0n) is 18.7. The van der Waals surface area contributed by atoms with Crippen molar-refractivity contribution >= 4 is 33.3 Å². The van der Waals surface area contributed by atoms with Crippen molar-refractivity contribution in [2.24, 2.45) is 0 Å². The highest BCUT2D eigenvalue weighted by Gasteiger charge is 2.45. The van der Waals surface area contributed by atoms with Crippen LogP contribution >= 0.6 is 7.26 Å². The average Bonchev–Trinajstić information content (AvgIpc) is 2.83. The van der Waals surface area contributed by atoms with Crippen LogP contribution in [0.15, 0.2) is 115 Å². The number of benzene rings is 4. The van der Waals surface area contributed by atoms with Gasteiger partial charge in [0.25, 0.3) is 0 Å². The molecule has 0 heterocycles. The Bertz CT molecular complexity index is 1140. The molecule has 0 aliphatic heterocycles. The summed E-state index contributed by atoms with van der Waals surface area (Å²) in [6.07, 6.45) is 1.56. The molecule has 0 fully saturated rings. The number of hydrogen-bond donors (Lipinski definition) is 0. The Morgan fingerprint density at radius 2 is 1.09 bits per heavy atom. The fraction of sp³-hybridized carbons (Fsp3) is 0.111. The Morgan fingerprint density at radius 1 is 0.697 bits per heavy atom. The van der Waals surface area contributed by atoms with Crippen molar-refractivity contribution in [3.05, 3.63) is 121 Å². The highest BCUT2D eigenvalue weighted by atomic mass is 32.2. The number of hydrogen-bond acceptors (Lipinski definition) is 4. The summed E-state index contributed by atoms with van der Waals surface area (Å²) >= 11 is 0. The van der Waals surface area contributed by atoms with E-state index in [1.165, 1.54) is 21.5 Å². The molecule has 0 spiro atoms. The van der Waals surface area contributed by atoms with E-state index in [1.54, 1.807) is 7.11 Å². The van der Waals surface area contributed by atoms with E-state index >= 15 is 0 Å². The second-order valence-corrected chi connectivity index (χ2v) is 12.4. The van der Waals surface area contributed by atoms with E-state index in [1.807, 2.05) is 6.07 Å². The first-order chi connectivity index (χ1) is 15.8. The minimum Gasteiger partial charge on any atom is -0.748 e. The van der Waals surface area contributed by atoms with Crippen LogP contribution in [0.5, 0.6) is 5.75 Å². The van der Waals surface area contributed by atoms with Crippen molar-refractivity contribution in [1.29, 1.82) is 0 Å². The molecule has 4 rings (SSSR count). The SMILES string of the molecule is COc1cccc(C[P+](c2ccccc2)(c2ccccc2)c2ccccc2)c1.CS(=O)(=O)[O-]. The van der Waals surface area contributed by atoms with Crippen molar-refractivity contribution in [3.8, 4) is 5.75 Å². The molecule has 0 aliphatic rings. The molecule has 170 valence electrons. The van der Waals surface area contributed by atoms with E-state index < -0.39 is 17.4 Å². The first-order valence-corrected chi connectivity index (χ1v) is 14.2. The van der Waals surface area contributed by atoms with Gasteiger partial charge < -0.3 is 9.29 Å². The van der Waals surface area contributed by atoms with Crippen LogP contribution in [0.3, 0.4) is 0 Å². The molecule has 0 saturated heterocycles. The van der Waals surface area contributed by atoms with Gasteiger partial charge in [-0.15, -0.1) is 0 Å². The van der Waals surface area contributed by atoms with Crippen LogP contribution < -0.4 is 20.7 Å². The highest BCUT2D eigenvalue weighted by molar-refractivity contribution is 7.95. The van der Waals surface area contributed by atoms with Crippen LogP contribution in [0.2, 0.25) is 0 Å². The fourth-order valence-electron chi connectivity index (χ4n) is 3.81. The summed E-state index contributed by atoms with van der Waals surface area (Å²) in [7, 11) is -4.05. The lowest BCUT2D eigenvalue weighted by molar-refractivity contribution is 0.414. The molecule has 0 saturated carbocycles. The third kappa shape index (κ3) is 6.75. The highest BCUT2D eigenvalue weighted by Crippen LogP contribution is 2.58. The van der Waals surface area contributed by atoms with Gasteiger partial charge in [0, 0.05) is 6.26 Å². The van der Waals surface area contributed by atoms with Gasteiger partial charge in [-0.05, 0) is 54.1 Å². The summed E-state index contributed by atoms with van der Waals surface area (Å²) in [6, 6.07) is 41.4. The fourth-order valence-corrected chi connectivity index (χ4v) is 8.04. The quantitative estimate of drug-likeness (QED) is 0.305. The van der Waals surface area contributed by atoms with Crippen molar-refractivity contribution in [3.63, 3.8) is 0 Å². The lowest BCUT2D eigenvalue weighted by Gasteiger charge is -2.28. The molecule has 0 bridgehead atoms. The molecule has 0 N–H and O–H groups in total. The molecule has 0 aromatic heterocycles. The average molecular weight is 479 g/mol. The summed E-state index contributed by atoms with van der Waals surface area (Å²) in [6.45, 7) is 0. The molecule has 6 heteroatoms. The maximum absolute atomic E-state index is 9.08. The van der Waals surface area contributed by atoms with Gasteiger partial charge in [0.2, 0.25) is 0 Å². The molecule has 4 nitrogen and oxygen atoms in total. The zero-order valence-corrected chi connectivity index (χ0v) is 20.4. The van der Waals surface area contributed by atoms with E-state index in [0.29, 0.717) is 6.26 Å². The topological polar surface area (TPSA) is 66.4 Å². The molecule has 4 aromatic rings. The molecule has 0 atom stereocenters. The first-order valence-electron chi connectivity index (χ1n) is 10.4. The van der Waals surface area contributed by atoms with Gasteiger partial charge in [-0.25, -0.2) is 8.42 Å². The normalized spacial score (nSPS) is 11.2. The van der Waals surface area contributed by atoms with E-state index in [-0.39, 0.29) is 0 Å². The van der Waals surface area contributed by atoms with Gasteiger partial charge in [0.05, 0.1) is 23.4 Å². The maximum Gasteiger partial charge on any atom is 0.119 e. The maximum atomic E-state index is 9.08. The van der Waals surface area contributed by atoms with Crippen LogP contribution in [0.25, 0.3) is 0 Å². The second-order valence-electron chi connectivity index (χ2n) is 7.53. The number of ether oxygens (including phenoxy) is 1. The van der Waals surface area contributed by atoms with Gasteiger partial charge in [-0.2, -0.15) is 0 Å². The summed E-state index contributed by atoms with van der Waals surface area (Å²) in [5.41, 5.74) is 1.30. The van der Waals surface area contributed by atoms with E-state index in [0.717, 1.165) is 11.9 Å². The van der Waals surface area contributed by atoms with Crippen molar-refractivity contribution in [2.45, 2.75) is 6.16 Å². The smallest absolute Gasteiger partial charge is 0.119 e. The third-order valence-corrected chi connectivity index (χ3v) is 9.52. The van der Waals surface area contributed by atoms with E-state index in [4.69, 9.17) is 17.7 Å². The van der Waals surface area contributed by atoms with E-state index in [2.05, 4.69) is 109 Å². The van der Waals surface area contributed by atoms with Crippen molar-refractivity contribution < 1.29 is 17.7 Å². The second kappa shape index (κ2) is 11.2. The third-order valence-electron chi connectivity index (χ3n) is 5.14. The van der Waals surface area contributed by atoms with Crippen molar-refractivity contribution in [1.82, 2.24) is 0 Å². The Labute approximate surface area is 197 Å². The summed E-state index contributed by atoms with van der Waals surface area (Å²) in [4.78, 5) is 0. The van der Waals surface area contributed by atoms with Gasteiger partial charge >= 0.3 is 0 Å². The van der Waals surface area contributed by atoms with Gasteiger partial charge in [-0.3, -0.25) is 0 Å².